The van der Waals surface area contributed by atoms with Gasteiger partial charge in [-0.1, -0.05) is 0 Å². The summed E-state index contributed by atoms with van der Waals surface area (Å²) < 4.78 is 35.8. The molecule has 0 amide bonds. The van der Waals surface area contributed by atoms with Crippen LogP contribution in [0.2, 0.25) is 0 Å². The van der Waals surface area contributed by atoms with Gasteiger partial charge in [0.1, 0.15) is 13.2 Å². The van der Waals surface area contributed by atoms with Crippen LogP contribution in [0.5, 0.6) is 0 Å². The topological polar surface area (TPSA) is 119 Å². The molecule has 0 heterocycles. The minimum atomic E-state index is -0.997. The SMILES string of the molecule is CC(=O)OCCOCCOCCOCCOCCOCCOCC(=O)O. The second kappa shape index (κ2) is 20.0. The van der Waals surface area contributed by atoms with E-state index in [-0.39, 0.29) is 25.8 Å². The molecule has 0 saturated carbocycles. The molecule has 0 spiro atoms. The van der Waals surface area contributed by atoms with Crippen LogP contribution in [0.1, 0.15) is 6.92 Å². The van der Waals surface area contributed by atoms with Crippen molar-refractivity contribution >= 4 is 11.9 Å². The molecular formula is C16H30O10. The number of ether oxygens (including phenoxy) is 7. The normalized spacial score (nSPS) is 10.8. The fourth-order valence-corrected chi connectivity index (χ4v) is 1.50. The molecule has 0 saturated heterocycles. The molecule has 26 heavy (non-hydrogen) atoms. The Kier molecular flexibility index (Phi) is 19.0. The summed E-state index contributed by atoms with van der Waals surface area (Å²) in [6.07, 6.45) is 0. The van der Waals surface area contributed by atoms with Gasteiger partial charge in [-0.25, -0.2) is 4.79 Å². The zero-order chi connectivity index (χ0) is 19.3. The Balaban J connectivity index is 3.01. The number of aliphatic carboxylic acids is 1. The zero-order valence-electron chi connectivity index (χ0n) is 15.3. The molecule has 0 rings (SSSR count). The molecule has 154 valence electrons. The first kappa shape index (κ1) is 24.7. The van der Waals surface area contributed by atoms with Crippen molar-refractivity contribution in [2.24, 2.45) is 0 Å². The number of carboxylic acids is 1. The van der Waals surface area contributed by atoms with E-state index in [1.54, 1.807) is 0 Å². The molecule has 0 fully saturated rings. The summed E-state index contributed by atoms with van der Waals surface area (Å²) in [5.74, 6) is -1.32. The molecule has 0 unspecified atom stereocenters. The van der Waals surface area contributed by atoms with Gasteiger partial charge in [0.15, 0.2) is 0 Å². The van der Waals surface area contributed by atoms with Gasteiger partial charge >= 0.3 is 11.9 Å². The Labute approximate surface area is 153 Å². The van der Waals surface area contributed by atoms with Gasteiger partial charge in [0, 0.05) is 6.92 Å². The first-order valence-corrected chi connectivity index (χ1v) is 8.44. The quantitative estimate of drug-likeness (QED) is 0.223. The van der Waals surface area contributed by atoms with E-state index >= 15 is 0 Å². The van der Waals surface area contributed by atoms with E-state index in [2.05, 4.69) is 0 Å². The second-order valence-corrected chi connectivity index (χ2v) is 4.85. The van der Waals surface area contributed by atoms with Gasteiger partial charge in [0.2, 0.25) is 0 Å². The van der Waals surface area contributed by atoms with Gasteiger partial charge in [0.05, 0.1) is 72.7 Å². The number of carboxylic acid groups (broad SMARTS) is 1. The Hall–Kier alpha value is -1.30. The molecule has 1 N–H and O–H groups in total. The van der Waals surface area contributed by atoms with E-state index in [0.717, 1.165) is 0 Å². The predicted octanol–water partition coefficient (Wildman–Crippen LogP) is -0.266. The molecule has 0 aromatic carbocycles. The Morgan fingerprint density at radius 2 is 0.885 bits per heavy atom. The van der Waals surface area contributed by atoms with Crippen molar-refractivity contribution in [1.29, 1.82) is 0 Å². The monoisotopic (exact) mass is 382 g/mol. The molecule has 0 aromatic heterocycles. The van der Waals surface area contributed by atoms with Crippen LogP contribution >= 0.6 is 0 Å². The third kappa shape index (κ3) is 22.7. The van der Waals surface area contributed by atoms with Gasteiger partial charge in [-0.3, -0.25) is 4.79 Å². The molecule has 10 nitrogen and oxygen atoms in total. The van der Waals surface area contributed by atoms with Crippen LogP contribution in [0.25, 0.3) is 0 Å². The summed E-state index contributed by atoms with van der Waals surface area (Å²) >= 11 is 0. The van der Waals surface area contributed by atoms with E-state index in [9.17, 15) is 9.59 Å². The summed E-state index contributed by atoms with van der Waals surface area (Å²) in [5.41, 5.74) is 0. The molecule has 0 radical (unpaired) electrons. The zero-order valence-corrected chi connectivity index (χ0v) is 15.3. The maximum absolute atomic E-state index is 10.5. The molecule has 0 bridgehead atoms. The average molecular weight is 382 g/mol. The highest BCUT2D eigenvalue weighted by Gasteiger charge is 1.97. The number of hydrogen-bond acceptors (Lipinski definition) is 9. The summed E-state index contributed by atoms with van der Waals surface area (Å²) in [6.45, 7) is 5.81. The Morgan fingerprint density at radius 1 is 0.577 bits per heavy atom. The largest absolute Gasteiger partial charge is 0.480 e. The lowest BCUT2D eigenvalue weighted by Gasteiger charge is -2.08. The lowest BCUT2D eigenvalue weighted by atomic mass is 10.6. The fourth-order valence-electron chi connectivity index (χ4n) is 1.50. The lowest BCUT2D eigenvalue weighted by molar-refractivity contribution is -0.143. The van der Waals surface area contributed by atoms with Gasteiger partial charge < -0.3 is 38.3 Å². The molecule has 0 aliphatic heterocycles. The van der Waals surface area contributed by atoms with Crippen molar-refractivity contribution in [3.05, 3.63) is 0 Å². The van der Waals surface area contributed by atoms with Crippen LogP contribution in [0, 0.1) is 0 Å². The highest BCUT2D eigenvalue weighted by molar-refractivity contribution is 5.68. The molecule has 0 aromatic rings. The van der Waals surface area contributed by atoms with Gasteiger partial charge in [0.25, 0.3) is 0 Å². The van der Waals surface area contributed by atoms with Crippen molar-refractivity contribution in [2.45, 2.75) is 6.92 Å². The van der Waals surface area contributed by atoms with Gasteiger partial charge in [-0.15, -0.1) is 0 Å². The second-order valence-electron chi connectivity index (χ2n) is 4.85. The van der Waals surface area contributed by atoms with Crippen molar-refractivity contribution in [1.82, 2.24) is 0 Å². The number of hydrogen-bond donors (Lipinski definition) is 1. The standard InChI is InChI=1S/C16H30O10/c1-15(17)26-13-12-24-9-8-22-5-4-20-2-3-21-6-7-23-10-11-25-14-16(18)19/h2-14H2,1H3,(H,18,19). The molecule has 0 aliphatic rings. The number of rotatable bonds is 20. The van der Waals surface area contributed by atoms with E-state index in [1.807, 2.05) is 0 Å². The van der Waals surface area contributed by atoms with E-state index < -0.39 is 5.97 Å². The van der Waals surface area contributed by atoms with Crippen molar-refractivity contribution < 1.29 is 47.9 Å². The lowest BCUT2D eigenvalue weighted by Crippen LogP contribution is -2.15. The average Bonchev–Trinajstić information content (AvgIpc) is 2.59. The Bertz CT molecular complexity index is 305. The maximum atomic E-state index is 10.5. The maximum Gasteiger partial charge on any atom is 0.329 e. The van der Waals surface area contributed by atoms with Crippen LogP contribution in [0.4, 0.5) is 0 Å². The fraction of sp³-hybridized carbons (Fsp3) is 0.875. The van der Waals surface area contributed by atoms with Gasteiger partial charge in [-0.2, -0.15) is 0 Å². The van der Waals surface area contributed by atoms with Crippen molar-refractivity contribution in [3.63, 3.8) is 0 Å². The molecule has 10 heteroatoms. The summed E-state index contributed by atoms with van der Waals surface area (Å²) in [6, 6.07) is 0. The highest BCUT2D eigenvalue weighted by Crippen LogP contribution is 1.85. The van der Waals surface area contributed by atoms with Crippen LogP contribution in [0.3, 0.4) is 0 Å². The molecule has 0 atom stereocenters. The number of carbonyl (C=O) groups is 2. The van der Waals surface area contributed by atoms with Crippen LogP contribution in [-0.4, -0.2) is 103 Å². The Morgan fingerprint density at radius 3 is 1.19 bits per heavy atom. The first-order valence-electron chi connectivity index (χ1n) is 8.44. The molecular weight excluding hydrogens is 352 g/mol. The smallest absolute Gasteiger partial charge is 0.329 e. The predicted molar refractivity (Wildman–Crippen MR) is 89.2 cm³/mol. The highest BCUT2D eigenvalue weighted by atomic mass is 16.6. The summed E-state index contributed by atoms with van der Waals surface area (Å²) in [7, 11) is 0. The van der Waals surface area contributed by atoms with Crippen molar-refractivity contribution in [2.75, 3.05) is 85.9 Å². The summed E-state index contributed by atoms with van der Waals surface area (Å²) in [4.78, 5) is 20.7. The first-order chi connectivity index (χ1) is 12.6. The van der Waals surface area contributed by atoms with Crippen molar-refractivity contribution in [3.8, 4) is 0 Å². The minimum Gasteiger partial charge on any atom is -0.480 e. The minimum absolute atomic E-state index is 0.243. The summed E-state index contributed by atoms with van der Waals surface area (Å²) in [5, 5.41) is 8.35. The van der Waals surface area contributed by atoms with Crippen LogP contribution in [-0.2, 0) is 42.7 Å². The third-order valence-corrected chi connectivity index (χ3v) is 2.62. The van der Waals surface area contributed by atoms with E-state index in [0.29, 0.717) is 66.1 Å². The van der Waals surface area contributed by atoms with E-state index in [4.69, 9.17) is 38.3 Å². The number of esters is 1. The molecule has 0 aliphatic carbocycles. The van der Waals surface area contributed by atoms with E-state index in [1.165, 1.54) is 6.92 Å². The van der Waals surface area contributed by atoms with Crippen LogP contribution < -0.4 is 0 Å². The number of carbonyl (C=O) groups excluding carboxylic acids is 1. The van der Waals surface area contributed by atoms with Crippen LogP contribution in [0.15, 0.2) is 0 Å². The third-order valence-electron chi connectivity index (χ3n) is 2.62. The van der Waals surface area contributed by atoms with Gasteiger partial charge in [-0.05, 0) is 0 Å².